The van der Waals surface area contributed by atoms with Crippen LogP contribution in [-0.2, 0) is 12.4 Å². The summed E-state index contributed by atoms with van der Waals surface area (Å²) in [4.78, 5) is 9.72. The first kappa shape index (κ1) is 30.2. The molecule has 10 heteroatoms. The van der Waals surface area contributed by atoms with E-state index in [1.807, 2.05) is 30.4 Å². The fourth-order valence-electron chi connectivity index (χ4n) is 6.64. The fourth-order valence-corrected chi connectivity index (χ4v) is 6.64. The molecule has 2 unspecified atom stereocenters. The van der Waals surface area contributed by atoms with Gasteiger partial charge in [0, 0.05) is 34.3 Å². The van der Waals surface area contributed by atoms with Gasteiger partial charge in [-0.05, 0) is 61.8 Å². The van der Waals surface area contributed by atoms with Gasteiger partial charge in [-0.2, -0.15) is 26.3 Å². The summed E-state index contributed by atoms with van der Waals surface area (Å²) >= 11 is 0. The second-order valence-corrected chi connectivity index (χ2v) is 12.3. The monoisotopic (exact) mass is 632 g/mol. The van der Waals surface area contributed by atoms with Gasteiger partial charge in [0.2, 0.25) is 5.78 Å². The number of hydrogen-bond donors (Lipinski definition) is 1. The molecule has 0 aliphatic heterocycles. The van der Waals surface area contributed by atoms with E-state index in [2.05, 4.69) is 12.2 Å². The fraction of sp³-hybridized carbons (Fsp3) is 0.278. The maximum atomic E-state index is 14.0. The normalized spacial score (nSPS) is 21.0. The second kappa shape index (κ2) is 11.1. The Morgan fingerprint density at radius 1 is 0.804 bits per heavy atom. The number of nitrogens with zero attached hydrogens (tertiary/aromatic N) is 3. The molecule has 46 heavy (non-hydrogen) atoms. The predicted octanol–water partition coefficient (Wildman–Crippen LogP) is 9.54. The Hall–Kier alpha value is -4.44. The number of rotatable bonds is 5. The molecule has 0 bridgehead atoms. The van der Waals surface area contributed by atoms with Crippen molar-refractivity contribution in [3.8, 4) is 22.5 Å². The molecule has 0 spiro atoms. The van der Waals surface area contributed by atoms with Crippen LogP contribution in [0.25, 0.3) is 33.9 Å². The molecule has 2 atom stereocenters. The SMILES string of the molecule is NC1(C2C=CC(c3nc4nc(-c5ccccc5)c(-c5cc(C(F)(F)F)cc(C(F)(F)F)c5)n4cc3C3C=CC=CC3)=CC2)CCC1. The first-order chi connectivity index (χ1) is 21.9. The summed E-state index contributed by atoms with van der Waals surface area (Å²) in [7, 11) is 0. The van der Waals surface area contributed by atoms with Crippen molar-refractivity contribution < 1.29 is 26.3 Å². The van der Waals surface area contributed by atoms with Crippen molar-refractivity contribution in [1.82, 2.24) is 14.4 Å². The number of imidazole rings is 1. The minimum Gasteiger partial charge on any atom is -0.325 e. The van der Waals surface area contributed by atoms with Crippen LogP contribution in [-0.4, -0.2) is 19.9 Å². The molecular formula is C36H30F6N4. The summed E-state index contributed by atoms with van der Waals surface area (Å²) in [5.74, 6) is 0.250. The average Bonchev–Trinajstić information content (AvgIpc) is 3.41. The number of benzene rings is 2. The van der Waals surface area contributed by atoms with Crippen molar-refractivity contribution in [2.45, 2.75) is 55.9 Å². The van der Waals surface area contributed by atoms with E-state index in [-0.39, 0.29) is 46.2 Å². The van der Waals surface area contributed by atoms with Crippen LogP contribution in [0.15, 0.2) is 97.3 Å². The molecule has 7 rings (SSSR count). The van der Waals surface area contributed by atoms with Gasteiger partial charge in [-0.15, -0.1) is 0 Å². The second-order valence-electron chi connectivity index (χ2n) is 12.3. The quantitative estimate of drug-likeness (QED) is 0.223. The maximum absolute atomic E-state index is 14.0. The first-order valence-electron chi connectivity index (χ1n) is 15.2. The van der Waals surface area contributed by atoms with Gasteiger partial charge in [0.15, 0.2) is 0 Å². The highest BCUT2D eigenvalue weighted by atomic mass is 19.4. The zero-order chi connectivity index (χ0) is 32.3. The molecule has 2 N–H and O–H groups in total. The number of nitrogens with two attached hydrogens (primary N) is 1. The van der Waals surface area contributed by atoms with E-state index in [4.69, 9.17) is 15.7 Å². The van der Waals surface area contributed by atoms with Crippen LogP contribution in [0.3, 0.4) is 0 Å². The van der Waals surface area contributed by atoms with E-state index < -0.39 is 23.5 Å². The van der Waals surface area contributed by atoms with Gasteiger partial charge >= 0.3 is 12.4 Å². The Balaban J connectivity index is 1.46. The highest BCUT2D eigenvalue weighted by molar-refractivity contribution is 5.83. The van der Waals surface area contributed by atoms with Crippen molar-refractivity contribution in [1.29, 1.82) is 0 Å². The lowest BCUT2D eigenvalue weighted by molar-refractivity contribution is -0.143. The third-order valence-corrected chi connectivity index (χ3v) is 9.33. The predicted molar refractivity (Wildman–Crippen MR) is 165 cm³/mol. The van der Waals surface area contributed by atoms with Crippen molar-refractivity contribution in [2.24, 2.45) is 11.7 Å². The largest absolute Gasteiger partial charge is 0.416 e. The molecule has 3 aliphatic carbocycles. The Morgan fingerprint density at radius 2 is 1.50 bits per heavy atom. The van der Waals surface area contributed by atoms with E-state index in [0.717, 1.165) is 49.0 Å². The zero-order valence-electron chi connectivity index (χ0n) is 24.6. The van der Waals surface area contributed by atoms with Crippen molar-refractivity contribution in [3.05, 3.63) is 120 Å². The summed E-state index contributed by atoms with van der Waals surface area (Å²) in [5.41, 5.74) is 6.55. The van der Waals surface area contributed by atoms with Gasteiger partial charge in [-0.25, -0.2) is 9.97 Å². The molecule has 2 aromatic heterocycles. The van der Waals surface area contributed by atoms with Gasteiger partial charge in [0.1, 0.15) is 0 Å². The van der Waals surface area contributed by atoms with Crippen molar-refractivity contribution in [2.75, 3.05) is 0 Å². The summed E-state index contributed by atoms with van der Waals surface area (Å²) in [6.45, 7) is 0. The van der Waals surface area contributed by atoms with Crippen LogP contribution >= 0.6 is 0 Å². The van der Waals surface area contributed by atoms with Gasteiger partial charge in [-0.3, -0.25) is 4.40 Å². The Morgan fingerprint density at radius 3 is 2.07 bits per heavy atom. The summed E-state index contributed by atoms with van der Waals surface area (Å²) in [5, 5.41) is 0. The summed E-state index contributed by atoms with van der Waals surface area (Å²) in [6.07, 6.45) is 10.4. The Bertz CT molecular complexity index is 1890. The van der Waals surface area contributed by atoms with E-state index in [0.29, 0.717) is 17.7 Å². The summed E-state index contributed by atoms with van der Waals surface area (Å²) in [6, 6.07) is 10.3. The molecule has 0 saturated heterocycles. The molecule has 4 nitrogen and oxygen atoms in total. The number of allylic oxidation sites excluding steroid dienone is 7. The van der Waals surface area contributed by atoms with Gasteiger partial charge in [-0.1, -0.05) is 72.9 Å². The van der Waals surface area contributed by atoms with E-state index in [1.54, 1.807) is 36.5 Å². The van der Waals surface area contributed by atoms with E-state index in [9.17, 15) is 26.3 Å². The zero-order valence-corrected chi connectivity index (χ0v) is 24.6. The molecule has 0 amide bonds. The minimum absolute atomic E-state index is 0.0942. The van der Waals surface area contributed by atoms with Crippen LogP contribution in [0, 0.1) is 5.92 Å². The smallest absolute Gasteiger partial charge is 0.325 e. The van der Waals surface area contributed by atoms with Crippen molar-refractivity contribution in [3.63, 3.8) is 0 Å². The number of fused-ring (bicyclic) bond motifs is 1. The third kappa shape index (κ3) is 5.48. The van der Waals surface area contributed by atoms with Crippen LogP contribution in [0.2, 0.25) is 0 Å². The van der Waals surface area contributed by atoms with Crippen LogP contribution in [0.1, 0.15) is 60.4 Å². The maximum Gasteiger partial charge on any atom is 0.416 e. The standard InChI is InChI=1S/C36H30F6N4/c37-35(38,39)27-18-25(19-28(20-27)36(40,41)42)32-31(23-10-5-2-6-11-23)45-33-44-30(29(21-46(32)33)22-8-3-1-4-9-22)24-12-14-26(15-13-24)34(43)16-7-17-34/h1-6,8,10-14,18-22,26H,7,9,15-17,43H2. The van der Waals surface area contributed by atoms with Gasteiger partial charge in [0.25, 0.3) is 0 Å². The Kier molecular flexibility index (Phi) is 7.31. The number of halogens is 6. The summed E-state index contributed by atoms with van der Waals surface area (Å²) < 4.78 is 85.4. The molecule has 4 aromatic rings. The topological polar surface area (TPSA) is 56.2 Å². The minimum atomic E-state index is -5.00. The molecular weight excluding hydrogens is 602 g/mol. The lowest BCUT2D eigenvalue weighted by atomic mass is 9.66. The van der Waals surface area contributed by atoms with E-state index in [1.165, 1.54) is 4.40 Å². The lowest BCUT2D eigenvalue weighted by Crippen LogP contribution is -2.52. The van der Waals surface area contributed by atoms with Crippen LogP contribution in [0.4, 0.5) is 26.3 Å². The molecule has 2 aromatic carbocycles. The van der Waals surface area contributed by atoms with Crippen LogP contribution < -0.4 is 5.73 Å². The molecule has 0 radical (unpaired) electrons. The molecule has 1 saturated carbocycles. The van der Waals surface area contributed by atoms with Gasteiger partial charge < -0.3 is 5.73 Å². The highest BCUT2D eigenvalue weighted by Crippen LogP contribution is 2.44. The molecule has 236 valence electrons. The molecule has 2 heterocycles. The Labute approximate surface area is 261 Å². The van der Waals surface area contributed by atoms with Gasteiger partial charge in [0.05, 0.1) is 28.2 Å². The first-order valence-corrected chi connectivity index (χ1v) is 15.2. The van der Waals surface area contributed by atoms with E-state index >= 15 is 0 Å². The van der Waals surface area contributed by atoms with Crippen molar-refractivity contribution >= 4 is 11.4 Å². The number of hydrogen-bond acceptors (Lipinski definition) is 3. The van der Waals surface area contributed by atoms with Crippen LogP contribution in [0.5, 0.6) is 0 Å². The highest BCUT2D eigenvalue weighted by Gasteiger charge is 2.40. The molecule has 1 fully saturated rings. The third-order valence-electron chi connectivity index (χ3n) is 9.33. The lowest BCUT2D eigenvalue weighted by Gasteiger charge is -2.44. The number of alkyl halides is 6. The molecule has 3 aliphatic rings. The number of aromatic nitrogens is 3. The average molecular weight is 633 g/mol.